The summed E-state index contributed by atoms with van der Waals surface area (Å²) >= 11 is 0. The Morgan fingerprint density at radius 3 is 2.81 bits per heavy atom. The molecule has 3 rings (SSSR count). The Bertz CT molecular complexity index is 848. The van der Waals surface area contributed by atoms with Crippen molar-refractivity contribution in [1.82, 2.24) is 5.32 Å². The number of nitrogens with one attached hydrogen (secondary N) is 2. The lowest BCUT2D eigenvalue weighted by atomic mass is 10.1. The summed E-state index contributed by atoms with van der Waals surface area (Å²) in [6.45, 7) is 0.633. The quantitative estimate of drug-likeness (QED) is 0.734. The molecule has 2 aromatic rings. The normalized spacial score (nSPS) is 13.1. The second-order valence-electron chi connectivity index (χ2n) is 5.72. The number of nitrogens with two attached hydrogens (primary N) is 1. The van der Waals surface area contributed by atoms with Crippen molar-refractivity contribution in [2.45, 2.75) is 6.42 Å². The van der Waals surface area contributed by atoms with Crippen LogP contribution in [0.2, 0.25) is 0 Å². The van der Waals surface area contributed by atoms with Gasteiger partial charge in [-0.3, -0.25) is 9.59 Å². The highest BCUT2D eigenvalue weighted by atomic mass is 16.5. The highest BCUT2D eigenvalue weighted by Crippen LogP contribution is 2.30. The highest BCUT2D eigenvalue weighted by molar-refractivity contribution is 6.17. The molecule has 0 aromatic heterocycles. The van der Waals surface area contributed by atoms with Crippen LogP contribution in [0.1, 0.15) is 12.0 Å². The molecule has 2 aromatic carbocycles. The summed E-state index contributed by atoms with van der Waals surface area (Å²) in [5.74, 6) is 0.0988. The average Bonchev–Trinajstić information content (AvgIpc) is 2.82. The number of anilines is 1. The Kier molecular flexibility index (Phi) is 5.60. The number of nitrogens with zero attached hydrogens (tertiary/aromatic N) is 1. The molecule has 0 saturated heterocycles. The molecule has 134 valence electrons. The lowest BCUT2D eigenvalue weighted by molar-refractivity contribution is -0.123. The Morgan fingerprint density at radius 2 is 1.96 bits per heavy atom. The number of hydrogen-bond donors (Lipinski definition) is 3. The van der Waals surface area contributed by atoms with Crippen LogP contribution in [0, 0.1) is 0 Å². The van der Waals surface area contributed by atoms with Gasteiger partial charge in [-0.05, 0) is 24.3 Å². The van der Waals surface area contributed by atoms with E-state index in [1.165, 1.54) is 0 Å². The molecule has 0 bridgehead atoms. The molecule has 26 heavy (non-hydrogen) atoms. The SMILES string of the molecule is NCCNC(=O)COc1ccccc1C1=Nc2ccccc2NC(=O)C1. The van der Waals surface area contributed by atoms with Crippen molar-refractivity contribution < 1.29 is 14.3 Å². The maximum absolute atomic E-state index is 12.2. The summed E-state index contributed by atoms with van der Waals surface area (Å²) in [5, 5.41) is 5.49. The standard InChI is InChI=1S/C19H20N4O3/c20-9-10-21-19(25)12-26-17-8-4-1-5-13(17)16-11-18(24)23-15-7-3-2-6-14(15)22-16/h1-8H,9-12,20H2,(H,21,25)(H,23,24). The molecule has 0 saturated carbocycles. The van der Waals surface area contributed by atoms with E-state index in [0.717, 1.165) is 0 Å². The minimum absolute atomic E-state index is 0.119. The van der Waals surface area contributed by atoms with Crippen LogP contribution in [0.5, 0.6) is 5.75 Å². The van der Waals surface area contributed by atoms with E-state index < -0.39 is 0 Å². The average molecular weight is 352 g/mol. The van der Waals surface area contributed by atoms with Crippen molar-refractivity contribution in [2.75, 3.05) is 25.0 Å². The molecule has 2 amide bonds. The number of carbonyl (C=O) groups excluding carboxylic acids is 2. The van der Waals surface area contributed by atoms with Gasteiger partial charge in [-0.25, -0.2) is 4.99 Å². The third-order valence-electron chi connectivity index (χ3n) is 3.78. The zero-order valence-electron chi connectivity index (χ0n) is 14.2. The number of para-hydroxylation sites is 3. The molecule has 7 nitrogen and oxygen atoms in total. The largest absolute Gasteiger partial charge is 0.483 e. The number of ether oxygens (including phenoxy) is 1. The van der Waals surface area contributed by atoms with Gasteiger partial charge < -0.3 is 21.1 Å². The van der Waals surface area contributed by atoms with Crippen molar-refractivity contribution in [2.24, 2.45) is 10.7 Å². The van der Waals surface area contributed by atoms with Gasteiger partial charge in [0.2, 0.25) is 5.91 Å². The van der Waals surface area contributed by atoms with Crippen molar-refractivity contribution in [3.8, 4) is 5.75 Å². The highest BCUT2D eigenvalue weighted by Gasteiger charge is 2.19. The molecule has 1 aliphatic rings. The number of rotatable bonds is 6. The van der Waals surface area contributed by atoms with Gasteiger partial charge in [0.25, 0.3) is 5.91 Å². The van der Waals surface area contributed by atoms with E-state index in [1.54, 1.807) is 6.07 Å². The van der Waals surface area contributed by atoms with E-state index in [-0.39, 0.29) is 24.8 Å². The molecule has 1 heterocycles. The number of carbonyl (C=O) groups is 2. The lowest BCUT2D eigenvalue weighted by Gasteiger charge is -2.12. The first-order valence-corrected chi connectivity index (χ1v) is 8.33. The minimum Gasteiger partial charge on any atom is -0.483 e. The maximum atomic E-state index is 12.2. The Hall–Kier alpha value is -3.19. The second-order valence-corrected chi connectivity index (χ2v) is 5.72. The molecule has 0 unspecified atom stereocenters. The molecular formula is C19H20N4O3. The molecule has 7 heteroatoms. The zero-order valence-corrected chi connectivity index (χ0v) is 14.2. The van der Waals surface area contributed by atoms with E-state index in [9.17, 15) is 9.59 Å². The summed E-state index contributed by atoms with van der Waals surface area (Å²) in [6, 6.07) is 14.6. The van der Waals surface area contributed by atoms with Crippen LogP contribution in [-0.4, -0.2) is 37.2 Å². The fourth-order valence-electron chi connectivity index (χ4n) is 2.60. The number of hydrogen-bond acceptors (Lipinski definition) is 5. The van der Waals surface area contributed by atoms with Crippen LogP contribution < -0.4 is 21.1 Å². The number of fused-ring (bicyclic) bond motifs is 1. The van der Waals surface area contributed by atoms with Gasteiger partial charge in [-0.1, -0.05) is 24.3 Å². The molecular weight excluding hydrogens is 332 g/mol. The molecule has 0 radical (unpaired) electrons. The van der Waals surface area contributed by atoms with Crippen molar-refractivity contribution in [1.29, 1.82) is 0 Å². The van der Waals surface area contributed by atoms with Gasteiger partial charge in [0.1, 0.15) is 5.75 Å². The number of aliphatic imine (C=N–C) groups is 1. The van der Waals surface area contributed by atoms with Crippen LogP contribution in [0.3, 0.4) is 0 Å². The molecule has 0 aliphatic carbocycles. The van der Waals surface area contributed by atoms with Gasteiger partial charge in [0.15, 0.2) is 6.61 Å². The summed E-state index contributed by atoms with van der Waals surface area (Å²) < 4.78 is 5.65. The van der Waals surface area contributed by atoms with Gasteiger partial charge in [0, 0.05) is 18.7 Å². The van der Waals surface area contributed by atoms with E-state index in [1.807, 2.05) is 42.5 Å². The van der Waals surface area contributed by atoms with E-state index >= 15 is 0 Å². The van der Waals surface area contributed by atoms with Gasteiger partial charge >= 0.3 is 0 Å². The maximum Gasteiger partial charge on any atom is 0.257 e. The van der Waals surface area contributed by atoms with Crippen molar-refractivity contribution in [3.63, 3.8) is 0 Å². The van der Waals surface area contributed by atoms with E-state index in [2.05, 4.69) is 15.6 Å². The summed E-state index contributed by atoms with van der Waals surface area (Å²) in [4.78, 5) is 28.6. The summed E-state index contributed by atoms with van der Waals surface area (Å²) in [6.07, 6.45) is 0.119. The van der Waals surface area contributed by atoms with Crippen LogP contribution in [-0.2, 0) is 9.59 Å². The molecule has 4 N–H and O–H groups in total. The van der Waals surface area contributed by atoms with Gasteiger partial charge in [-0.2, -0.15) is 0 Å². The van der Waals surface area contributed by atoms with Crippen LogP contribution in [0.25, 0.3) is 0 Å². The first kappa shape index (κ1) is 17.6. The number of benzene rings is 2. The van der Waals surface area contributed by atoms with Crippen LogP contribution >= 0.6 is 0 Å². The molecule has 1 aliphatic heterocycles. The minimum atomic E-state index is -0.254. The fourth-order valence-corrected chi connectivity index (χ4v) is 2.60. The number of amides is 2. The molecule has 0 spiro atoms. The Labute approximate surface area is 151 Å². The summed E-state index contributed by atoms with van der Waals surface area (Å²) in [5.41, 5.74) is 8.00. The molecule has 0 atom stereocenters. The Morgan fingerprint density at radius 1 is 1.19 bits per heavy atom. The monoisotopic (exact) mass is 352 g/mol. The Balaban J connectivity index is 1.86. The van der Waals surface area contributed by atoms with Crippen molar-refractivity contribution in [3.05, 3.63) is 54.1 Å². The fraction of sp³-hybridized carbons (Fsp3) is 0.211. The zero-order chi connectivity index (χ0) is 18.4. The lowest BCUT2D eigenvalue weighted by Crippen LogP contribution is -2.33. The van der Waals surface area contributed by atoms with E-state index in [4.69, 9.17) is 10.5 Å². The van der Waals surface area contributed by atoms with E-state index in [0.29, 0.717) is 41.5 Å². The van der Waals surface area contributed by atoms with Crippen LogP contribution in [0.4, 0.5) is 11.4 Å². The topological polar surface area (TPSA) is 106 Å². The summed E-state index contributed by atoms with van der Waals surface area (Å²) in [7, 11) is 0. The first-order valence-electron chi connectivity index (χ1n) is 8.33. The molecule has 0 fully saturated rings. The van der Waals surface area contributed by atoms with Gasteiger partial charge in [-0.15, -0.1) is 0 Å². The predicted molar refractivity (Wildman–Crippen MR) is 99.9 cm³/mol. The third kappa shape index (κ3) is 4.25. The second kappa shape index (κ2) is 8.26. The first-order chi connectivity index (χ1) is 12.7. The van der Waals surface area contributed by atoms with Crippen LogP contribution in [0.15, 0.2) is 53.5 Å². The third-order valence-corrected chi connectivity index (χ3v) is 3.78. The van der Waals surface area contributed by atoms with Gasteiger partial charge in [0.05, 0.1) is 23.5 Å². The predicted octanol–water partition coefficient (Wildman–Crippen LogP) is 1.60. The van der Waals surface area contributed by atoms with Crippen molar-refractivity contribution >= 4 is 28.9 Å². The smallest absolute Gasteiger partial charge is 0.257 e.